The van der Waals surface area contributed by atoms with Crippen LogP contribution >= 0.6 is 0 Å². The van der Waals surface area contributed by atoms with E-state index in [0.717, 1.165) is 49.5 Å². The highest BCUT2D eigenvalue weighted by molar-refractivity contribution is 5.98. The lowest BCUT2D eigenvalue weighted by Gasteiger charge is -2.27. The molecule has 2 aliphatic rings. The molecule has 140 valence electrons. The number of likely N-dealkylation sites (tertiary alicyclic amines) is 1. The zero-order valence-corrected chi connectivity index (χ0v) is 15.2. The average Bonchev–Trinajstić information content (AvgIpc) is 3.26. The van der Waals surface area contributed by atoms with Crippen LogP contribution in [-0.2, 0) is 11.8 Å². The molecular weight excluding hydrogens is 332 g/mol. The van der Waals surface area contributed by atoms with Crippen LogP contribution in [0.5, 0.6) is 0 Å². The minimum Gasteiger partial charge on any atom is -0.396 e. The standard InChI is InChI=1S/C19H26N4O3/c1-21-17-5-4-14(18(25)23-7-2-3-15(23)6-10-24)13-16(17)20-19(21)22-8-11-26-12-9-22/h4-5,13,15,24H,2-3,6-12H2,1H3. The van der Waals surface area contributed by atoms with E-state index in [9.17, 15) is 9.90 Å². The highest BCUT2D eigenvalue weighted by Crippen LogP contribution is 2.26. The highest BCUT2D eigenvalue weighted by atomic mass is 16.5. The van der Waals surface area contributed by atoms with E-state index in [1.165, 1.54) is 0 Å². The van der Waals surface area contributed by atoms with Gasteiger partial charge in [0.25, 0.3) is 5.91 Å². The monoisotopic (exact) mass is 358 g/mol. The fourth-order valence-electron chi connectivity index (χ4n) is 4.08. The van der Waals surface area contributed by atoms with E-state index in [-0.39, 0.29) is 18.6 Å². The van der Waals surface area contributed by atoms with Crippen molar-refractivity contribution >= 4 is 22.9 Å². The van der Waals surface area contributed by atoms with Gasteiger partial charge < -0.3 is 24.2 Å². The molecule has 2 aliphatic heterocycles. The third kappa shape index (κ3) is 3.05. The number of rotatable bonds is 4. The molecule has 0 bridgehead atoms. The first-order valence-corrected chi connectivity index (χ1v) is 9.40. The van der Waals surface area contributed by atoms with Crippen LogP contribution in [0.25, 0.3) is 11.0 Å². The second-order valence-corrected chi connectivity index (χ2v) is 7.08. The Hall–Kier alpha value is -2.12. The number of aryl methyl sites for hydroxylation is 1. The molecule has 0 saturated carbocycles. The number of ether oxygens (including phenoxy) is 1. The quantitative estimate of drug-likeness (QED) is 0.895. The number of anilines is 1. The predicted molar refractivity (Wildman–Crippen MR) is 99.5 cm³/mol. The van der Waals surface area contributed by atoms with Crippen LogP contribution in [0, 0.1) is 0 Å². The van der Waals surface area contributed by atoms with Gasteiger partial charge in [0, 0.05) is 44.9 Å². The van der Waals surface area contributed by atoms with Crippen LogP contribution in [0.1, 0.15) is 29.6 Å². The SMILES string of the molecule is Cn1c(N2CCOCC2)nc2cc(C(=O)N3CCCC3CCO)ccc21. The summed E-state index contributed by atoms with van der Waals surface area (Å²) < 4.78 is 7.51. The lowest BCUT2D eigenvalue weighted by Crippen LogP contribution is -2.37. The molecule has 2 fully saturated rings. The summed E-state index contributed by atoms with van der Waals surface area (Å²) in [7, 11) is 2.01. The van der Waals surface area contributed by atoms with Gasteiger partial charge in [-0.1, -0.05) is 0 Å². The van der Waals surface area contributed by atoms with Crippen LogP contribution in [0.3, 0.4) is 0 Å². The Morgan fingerprint density at radius 1 is 1.31 bits per heavy atom. The van der Waals surface area contributed by atoms with Gasteiger partial charge in [0.05, 0.1) is 24.2 Å². The van der Waals surface area contributed by atoms with E-state index >= 15 is 0 Å². The second kappa shape index (κ2) is 7.25. The summed E-state index contributed by atoms with van der Waals surface area (Å²) in [5, 5.41) is 9.23. The smallest absolute Gasteiger partial charge is 0.254 e. The number of nitrogens with zero attached hydrogens (tertiary/aromatic N) is 4. The summed E-state index contributed by atoms with van der Waals surface area (Å²) in [6.07, 6.45) is 2.63. The first-order valence-electron chi connectivity index (χ1n) is 9.40. The summed E-state index contributed by atoms with van der Waals surface area (Å²) >= 11 is 0. The number of aliphatic hydroxyl groups excluding tert-OH is 1. The predicted octanol–water partition coefficient (Wildman–Crippen LogP) is 1.40. The van der Waals surface area contributed by atoms with Crippen LogP contribution in [-0.4, -0.2) is 71.0 Å². The number of fused-ring (bicyclic) bond motifs is 1. The van der Waals surface area contributed by atoms with Gasteiger partial charge in [-0.15, -0.1) is 0 Å². The third-order valence-corrected chi connectivity index (χ3v) is 5.50. The van der Waals surface area contributed by atoms with Gasteiger partial charge in [-0.25, -0.2) is 4.98 Å². The number of aliphatic hydroxyl groups is 1. The van der Waals surface area contributed by atoms with Gasteiger partial charge in [-0.05, 0) is 37.5 Å². The molecule has 4 rings (SSSR count). The highest BCUT2D eigenvalue weighted by Gasteiger charge is 2.29. The van der Waals surface area contributed by atoms with Crippen LogP contribution in [0.15, 0.2) is 18.2 Å². The number of aromatic nitrogens is 2. The molecule has 2 aromatic rings. The Morgan fingerprint density at radius 2 is 2.12 bits per heavy atom. The molecule has 1 aromatic heterocycles. The van der Waals surface area contributed by atoms with Crippen molar-refractivity contribution in [1.82, 2.24) is 14.5 Å². The molecule has 1 atom stereocenters. The minimum atomic E-state index is 0.0430. The number of imidazole rings is 1. The Bertz CT molecular complexity index is 797. The van der Waals surface area contributed by atoms with Crippen molar-refractivity contribution in [3.05, 3.63) is 23.8 Å². The Kier molecular flexibility index (Phi) is 4.82. The average molecular weight is 358 g/mol. The first-order chi connectivity index (χ1) is 12.7. The summed E-state index contributed by atoms with van der Waals surface area (Å²) in [4.78, 5) is 21.9. The largest absolute Gasteiger partial charge is 0.396 e. The molecule has 26 heavy (non-hydrogen) atoms. The van der Waals surface area contributed by atoms with E-state index in [1.807, 2.05) is 30.1 Å². The number of carbonyl (C=O) groups excluding carboxylic acids is 1. The van der Waals surface area contributed by atoms with Crippen molar-refractivity contribution in [2.24, 2.45) is 7.05 Å². The summed E-state index contributed by atoms with van der Waals surface area (Å²) in [6.45, 7) is 3.99. The third-order valence-electron chi connectivity index (χ3n) is 5.50. The molecule has 1 unspecified atom stereocenters. The zero-order valence-electron chi connectivity index (χ0n) is 15.2. The molecule has 1 N–H and O–H groups in total. The van der Waals surface area contributed by atoms with Crippen LogP contribution < -0.4 is 4.90 Å². The lowest BCUT2D eigenvalue weighted by molar-refractivity contribution is 0.0716. The van der Waals surface area contributed by atoms with Gasteiger partial charge in [-0.3, -0.25) is 4.79 Å². The van der Waals surface area contributed by atoms with Crippen molar-refractivity contribution in [1.29, 1.82) is 0 Å². The maximum atomic E-state index is 13.0. The molecule has 7 nitrogen and oxygen atoms in total. The molecule has 7 heteroatoms. The summed E-state index contributed by atoms with van der Waals surface area (Å²) in [6, 6.07) is 5.92. The molecule has 0 aliphatic carbocycles. The Balaban J connectivity index is 1.62. The maximum absolute atomic E-state index is 13.0. The molecular formula is C19H26N4O3. The van der Waals surface area contributed by atoms with Crippen molar-refractivity contribution in [2.75, 3.05) is 44.4 Å². The van der Waals surface area contributed by atoms with Gasteiger partial charge in [0.15, 0.2) is 0 Å². The van der Waals surface area contributed by atoms with Crippen molar-refractivity contribution in [3.8, 4) is 0 Å². The number of carbonyl (C=O) groups is 1. The van der Waals surface area contributed by atoms with E-state index in [2.05, 4.69) is 9.47 Å². The topological polar surface area (TPSA) is 70.8 Å². The maximum Gasteiger partial charge on any atom is 0.254 e. The van der Waals surface area contributed by atoms with Gasteiger partial charge in [0.1, 0.15) is 0 Å². The van der Waals surface area contributed by atoms with Gasteiger partial charge in [0.2, 0.25) is 5.95 Å². The summed E-state index contributed by atoms with van der Waals surface area (Å²) in [5.41, 5.74) is 2.54. The Morgan fingerprint density at radius 3 is 2.88 bits per heavy atom. The first kappa shape index (κ1) is 17.3. The molecule has 2 saturated heterocycles. The van der Waals surface area contributed by atoms with Crippen LogP contribution in [0.4, 0.5) is 5.95 Å². The molecule has 3 heterocycles. The Labute approximate surface area is 153 Å². The second-order valence-electron chi connectivity index (χ2n) is 7.08. The number of benzene rings is 1. The number of hydrogen-bond donors (Lipinski definition) is 1. The van der Waals surface area contributed by atoms with Crippen molar-refractivity contribution in [2.45, 2.75) is 25.3 Å². The number of amides is 1. The number of hydrogen-bond acceptors (Lipinski definition) is 5. The van der Waals surface area contributed by atoms with Crippen LogP contribution in [0.2, 0.25) is 0 Å². The fraction of sp³-hybridized carbons (Fsp3) is 0.579. The fourth-order valence-corrected chi connectivity index (χ4v) is 4.08. The summed E-state index contributed by atoms with van der Waals surface area (Å²) in [5.74, 6) is 0.966. The van der Waals surface area contributed by atoms with E-state index in [4.69, 9.17) is 9.72 Å². The number of morpholine rings is 1. The normalized spacial score (nSPS) is 20.9. The van der Waals surface area contributed by atoms with E-state index < -0.39 is 0 Å². The minimum absolute atomic E-state index is 0.0430. The van der Waals surface area contributed by atoms with E-state index in [1.54, 1.807) is 0 Å². The van der Waals surface area contributed by atoms with Gasteiger partial charge in [-0.2, -0.15) is 0 Å². The molecule has 0 spiro atoms. The zero-order chi connectivity index (χ0) is 18.1. The van der Waals surface area contributed by atoms with Crippen molar-refractivity contribution in [3.63, 3.8) is 0 Å². The molecule has 1 aromatic carbocycles. The van der Waals surface area contributed by atoms with Crippen molar-refractivity contribution < 1.29 is 14.6 Å². The van der Waals surface area contributed by atoms with E-state index in [0.29, 0.717) is 25.2 Å². The molecule has 0 radical (unpaired) electrons. The molecule has 1 amide bonds. The lowest BCUT2D eigenvalue weighted by atomic mass is 10.1. The van der Waals surface area contributed by atoms with Gasteiger partial charge >= 0.3 is 0 Å².